The van der Waals surface area contributed by atoms with E-state index in [1.165, 1.54) is 17.7 Å². The molecule has 2 rings (SSSR count). The van der Waals surface area contributed by atoms with Crippen molar-refractivity contribution in [1.29, 1.82) is 0 Å². The molecule has 0 atom stereocenters. The van der Waals surface area contributed by atoms with E-state index < -0.39 is 16.0 Å². The summed E-state index contributed by atoms with van der Waals surface area (Å²) in [7, 11) is -3.87. The molecule has 0 saturated heterocycles. The van der Waals surface area contributed by atoms with Gasteiger partial charge in [-0.15, -0.1) is 4.40 Å². The summed E-state index contributed by atoms with van der Waals surface area (Å²) >= 11 is 0. The quantitative estimate of drug-likeness (QED) is 0.499. The lowest BCUT2D eigenvalue weighted by Crippen LogP contribution is -2.39. The number of pyridine rings is 1. The minimum atomic E-state index is -3.87. The van der Waals surface area contributed by atoms with Gasteiger partial charge < -0.3 is 11.5 Å². The third-order valence-electron chi connectivity index (χ3n) is 3.63. The van der Waals surface area contributed by atoms with Crippen molar-refractivity contribution in [3.8, 4) is 5.69 Å². The van der Waals surface area contributed by atoms with Crippen LogP contribution in [0.25, 0.3) is 5.69 Å². The second-order valence-electron chi connectivity index (χ2n) is 6.07. The molecule has 0 amide bonds. The predicted octanol–water partition coefficient (Wildman–Crippen LogP) is 1.67. The van der Waals surface area contributed by atoms with Crippen molar-refractivity contribution < 1.29 is 13.0 Å². The maximum absolute atomic E-state index is 12.0. The fraction of sp³-hybridized carbons (Fsp3) is 0.294. The van der Waals surface area contributed by atoms with Crippen molar-refractivity contribution in [3.05, 3.63) is 53.3 Å². The molecule has 0 aliphatic carbocycles. The normalized spacial score (nSPS) is 11.5. The van der Waals surface area contributed by atoms with Crippen molar-refractivity contribution in [1.82, 2.24) is 0 Å². The second kappa shape index (κ2) is 6.60. The molecule has 0 fully saturated rings. The number of sulfonamides is 1. The fourth-order valence-corrected chi connectivity index (χ4v) is 3.54. The zero-order chi connectivity index (χ0) is 18.1. The highest BCUT2D eigenvalue weighted by atomic mass is 32.2. The number of nitrogens with zero attached hydrogens (tertiary/aromatic N) is 2. The lowest BCUT2D eigenvalue weighted by molar-refractivity contribution is -0.612. The van der Waals surface area contributed by atoms with Gasteiger partial charge in [0.15, 0.2) is 11.4 Å². The summed E-state index contributed by atoms with van der Waals surface area (Å²) in [6.45, 7) is 8.35. The highest BCUT2D eigenvalue weighted by molar-refractivity contribution is 7.90. The van der Waals surface area contributed by atoms with Crippen LogP contribution in [-0.4, -0.2) is 14.4 Å². The van der Waals surface area contributed by atoms with Gasteiger partial charge in [-0.25, -0.2) is 0 Å². The van der Waals surface area contributed by atoms with E-state index in [4.69, 9.17) is 11.5 Å². The van der Waals surface area contributed by atoms with Crippen LogP contribution in [-0.2, 0) is 10.0 Å². The van der Waals surface area contributed by atoms with Gasteiger partial charge in [0.2, 0.25) is 11.6 Å². The van der Waals surface area contributed by atoms with Gasteiger partial charge in [0.1, 0.15) is 0 Å². The van der Waals surface area contributed by atoms with Gasteiger partial charge in [0.25, 0.3) is 10.0 Å². The zero-order valence-corrected chi connectivity index (χ0v) is 15.1. The van der Waals surface area contributed by atoms with Crippen LogP contribution in [0.15, 0.2) is 45.7 Å². The molecule has 128 valence electrons. The fourth-order valence-electron chi connectivity index (χ4n) is 2.67. The van der Waals surface area contributed by atoms with Gasteiger partial charge in [-0.2, -0.15) is 13.0 Å². The molecule has 0 aliphatic heterocycles. The Balaban J connectivity index is 2.56. The van der Waals surface area contributed by atoms with Gasteiger partial charge in [-0.05, 0) is 24.6 Å². The third kappa shape index (κ3) is 3.73. The molecule has 1 aromatic carbocycles. The van der Waals surface area contributed by atoms with Crippen LogP contribution in [0.4, 0.5) is 0 Å². The molecule has 0 unspecified atom stereocenters. The molecule has 7 heteroatoms. The van der Waals surface area contributed by atoms with Crippen LogP contribution >= 0.6 is 0 Å². The molecular formula is C17H23N4O2S+. The first-order chi connectivity index (χ1) is 11.1. The number of aromatic nitrogens is 1. The van der Waals surface area contributed by atoms with E-state index >= 15 is 0 Å². The van der Waals surface area contributed by atoms with Gasteiger partial charge in [-0.3, -0.25) is 0 Å². The molecule has 1 heterocycles. The number of aryl methyl sites for hydroxylation is 2. The zero-order valence-electron chi connectivity index (χ0n) is 14.3. The lowest BCUT2D eigenvalue weighted by atomic mass is 10.1. The number of rotatable bonds is 4. The smallest absolute Gasteiger partial charge is 0.285 e. The number of benzene rings is 1. The van der Waals surface area contributed by atoms with Gasteiger partial charge in [-0.1, -0.05) is 13.8 Å². The number of hydrogen-bond acceptors (Lipinski definition) is 2. The summed E-state index contributed by atoms with van der Waals surface area (Å²) in [6, 6.07) is 10.8. The molecular weight excluding hydrogens is 324 g/mol. The van der Waals surface area contributed by atoms with Crippen molar-refractivity contribution in [3.63, 3.8) is 0 Å². The van der Waals surface area contributed by atoms with E-state index in [1.807, 2.05) is 6.92 Å². The third-order valence-corrected chi connectivity index (χ3v) is 4.95. The summed E-state index contributed by atoms with van der Waals surface area (Å²) in [5.74, 6) is -0.154. The highest BCUT2D eigenvalue weighted by Crippen LogP contribution is 2.18. The second-order valence-corrected chi connectivity index (χ2v) is 7.68. The van der Waals surface area contributed by atoms with Crippen molar-refractivity contribution in [2.75, 3.05) is 0 Å². The molecule has 4 N–H and O–H groups in total. The van der Waals surface area contributed by atoms with E-state index in [9.17, 15) is 8.42 Å². The molecule has 2 aromatic rings. The van der Waals surface area contributed by atoms with E-state index in [1.54, 1.807) is 12.1 Å². The first-order valence-electron chi connectivity index (χ1n) is 7.61. The Morgan fingerprint density at radius 1 is 1.08 bits per heavy atom. The monoisotopic (exact) mass is 347 g/mol. The largest absolute Gasteiger partial charge is 0.369 e. The summed E-state index contributed by atoms with van der Waals surface area (Å²) in [6.07, 6.45) is 0. The minimum Gasteiger partial charge on any atom is -0.369 e. The number of nitrogens with two attached hydrogens (primary N) is 2. The topological polar surface area (TPSA) is 102 Å². The van der Waals surface area contributed by atoms with E-state index in [0.717, 1.165) is 17.1 Å². The van der Waals surface area contributed by atoms with Crippen molar-refractivity contribution >= 4 is 16.0 Å². The number of hydrogen-bond donors (Lipinski definition) is 2. The maximum Gasteiger partial charge on any atom is 0.285 e. The average molecular weight is 347 g/mol. The summed E-state index contributed by atoms with van der Waals surface area (Å²) in [4.78, 5) is 0.0520. The lowest BCUT2D eigenvalue weighted by Gasteiger charge is -2.10. The minimum absolute atomic E-state index is 0.0520. The molecule has 1 aromatic heterocycles. The van der Waals surface area contributed by atoms with Crippen LogP contribution in [0.2, 0.25) is 0 Å². The Kier molecular flexibility index (Phi) is 4.94. The molecule has 0 bridgehead atoms. The average Bonchev–Trinajstić information content (AvgIpc) is 2.45. The first-order valence-corrected chi connectivity index (χ1v) is 9.05. The van der Waals surface area contributed by atoms with Crippen LogP contribution in [0.1, 0.15) is 36.7 Å². The predicted molar refractivity (Wildman–Crippen MR) is 94.5 cm³/mol. The SMILES string of the molecule is Cc1cc(C)[n+](-c2ccc(S(=O)(=O)N=C(N)N)cc2)c(C(C)C)c1. The Bertz CT molecular complexity index is 882. The molecule has 0 radical (unpaired) electrons. The summed E-state index contributed by atoms with van der Waals surface area (Å²) in [5, 5.41) is 0. The van der Waals surface area contributed by atoms with Gasteiger partial charge in [0.05, 0.1) is 4.90 Å². The Labute approximate surface area is 142 Å². The number of guanidine groups is 1. The summed E-state index contributed by atoms with van der Waals surface area (Å²) in [5.41, 5.74) is 14.7. The van der Waals surface area contributed by atoms with E-state index in [-0.39, 0.29) is 4.90 Å². The molecule has 0 saturated carbocycles. The molecule has 0 spiro atoms. The highest BCUT2D eigenvalue weighted by Gasteiger charge is 2.22. The van der Waals surface area contributed by atoms with Gasteiger partial charge in [0, 0.05) is 37.1 Å². The Hall–Kier alpha value is -2.41. The molecule has 24 heavy (non-hydrogen) atoms. The standard InChI is InChI=1S/C17H23N4O2S/c1-11(2)16-10-12(3)9-13(4)21(16)14-5-7-15(8-6-14)24(22,23)20-17(18)19/h5-11H,1-4H3,(H4,18,19,20)/q+1. The van der Waals surface area contributed by atoms with Crippen molar-refractivity contribution in [2.45, 2.75) is 38.5 Å². The molecule has 0 aliphatic rings. The first kappa shape index (κ1) is 17.9. The van der Waals surface area contributed by atoms with Crippen LogP contribution in [0.5, 0.6) is 0 Å². The Morgan fingerprint density at radius 3 is 2.17 bits per heavy atom. The van der Waals surface area contributed by atoms with Crippen molar-refractivity contribution in [2.24, 2.45) is 15.9 Å². The van der Waals surface area contributed by atoms with E-state index in [0.29, 0.717) is 5.92 Å². The van der Waals surface area contributed by atoms with Crippen LogP contribution < -0.4 is 16.0 Å². The Morgan fingerprint density at radius 2 is 1.67 bits per heavy atom. The van der Waals surface area contributed by atoms with Crippen LogP contribution in [0.3, 0.4) is 0 Å². The van der Waals surface area contributed by atoms with Gasteiger partial charge >= 0.3 is 0 Å². The summed E-state index contributed by atoms with van der Waals surface area (Å²) < 4.78 is 29.5. The molecule has 6 nitrogen and oxygen atoms in total. The maximum atomic E-state index is 12.0. The van der Waals surface area contributed by atoms with E-state index in [2.05, 4.69) is 41.9 Å². The van der Waals surface area contributed by atoms with Crippen LogP contribution in [0, 0.1) is 13.8 Å².